The smallest absolute Gasteiger partial charge is 0.123 e. The normalized spacial score (nSPS) is 34.2. The Balaban J connectivity index is 1.80. The monoisotopic (exact) mass is 219 g/mol. The lowest BCUT2D eigenvalue weighted by Gasteiger charge is -2.36. The maximum absolute atomic E-state index is 12.9. The van der Waals surface area contributed by atoms with Gasteiger partial charge in [0.1, 0.15) is 5.82 Å². The van der Waals surface area contributed by atoms with Crippen molar-refractivity contribution >= 4 is 0 Å². The van der Waals surface area contributed by atoms with Crippen molar-refractivity contribution in [2.75, 3.05) is 7.05 Å². The second kappa shape index (κ2) is 3.85. The van der Waals surface area contributed by atoms with Crippen molar-refractivity contribution in [3.8, 4) is 0 Å². The summed E-state index contributed by atoms with van der Waals surface area (Å²) in [6.45, 7) is 0. The van der Waals surface area contributed by atoms with Crippen LogP contribution in [0.2, 0.25) is 0 Å². The molecule has 1 aromatic rings. The Kier molecular flexibility index (Phi) is 2.47. The van der Waals surface area contributed by atoms with Crippen LogP contribution < -0.4 is 0 Å². The number of hydrogen-bond donors (Lipinski definition) is 0. The van der Waals surface area contributed by atoms with E-state index in [0.717, 1.165) is 12.1 Å². The molecule has 0 amide bonds. The second-order valence-electron chi connectivity index (χ2n) is 5.27. The summed E-state index contributed by atoms with van der Waals surface area (Å²) in [5.74, 6) is 0.522. The van der Waals surface area contributed by atoms with Crippen molar-refractivity contribution in [3.05, 3.63) is 35.6 Å². The van der Waals surface area contributed by atoms with Gasteiger partial charge in [0.15, 0.2) is 0 Å². The van der Waals surface area contributed by atoms with E-state index in [2.05, 4.69) is 11.9 Å². The molecule has 3 rings (SSSR count). The number of fused-ring (bicyclic) bond motifs is 2. The Bertz CT molecular complexity index is 359. The fraction of sp³-hybridized carbons (Fsp3) is 0.571. The summed E-state index contributed by atoms with van der Waals surface area (Å²) in [6.07, 6.45) is 5.19. The summed E-state index contributed by atoms with van der Waals surface area (Å²) in [7, 11) is 2.25. The van der Waals surface area contributed by atoms with Gasteiger partial charge in [-0.25, -0.2) is 4.39 Å². The van der Waals surface area contributed by atoms with Crippen molar-refractivity contribution < 1.29 is 4.39 Å². The highest BCUT2D eigenvalue weighted by atomic mass is 19.1. The molecule has 2 heterocycles. The maximum atomic E-state index is 12.9. The molecule has 0 spiro atoms. The Morgan fingerprint density at radius 3 is 2.19 bits per heavy atom. The zero-order chi connectivity index (χ0) is 11.1. The summed E-state index contributed by atoms with van der Waals surface area (Å²) in [5.41, 5.74) is 1.33. The van der Waals surface area contributed by atoms with Crippen LogP contribution in [0.5, 0.6) is 0 Å². The fourth-order valence-electron chi connectivity index (χ4n) is 3.42. The van der Waals surface area contributed by atoms with E-state index in [1.54, 1.807) is 12.1 Å². The first-order valence-corrected chi connectivity index (χ1v) is 6.21. The van der Waals surface area contributed by atoms with Crippen LogP contribution in [0.3, 0.4) is 0 Å². The van der Waals surface area contributed by atoms with Crippen molar-refractivity contribution in [3.63, 3.8) is 0 Å². The summed E-state index contributed by atoms with van der Waals surface area (Å²) < 4.78 is 12.9. The zero-order valence-corrected chi connectivity index (χ0v) is 9.70. The summed E-state index contributed by atoms with van der Waals surface area (Å²) >= 11 is 0. The molecule has 1 aromatic carbocycles. The molecule has 2 fully saturated rings. The van der Waals surface area contributed by atoms with E-state index < -0.39 is 0 Å². The van der Waals surface area contributed by atoms with E-state index in [1.165, 1.54) is 31.2 Å². The third-order valence-electron chi connectivity index (χ3n) is 4.44. The first-order valence-electron chi connectivity index (χ1n) is 6.21. The molecule has 0 aromatic heterocycles. The summed E-state index contributed by atoms with van der Waals surface area (Å²) in [5, 5.41) is 0. The lowest BCUT2D eigenvalue weighted by atomic mass is 9.85. The number of rotatable bonds is 1. The topological polar surface area (TPSA) is 3.24 Å². The predicted molar refractivity (Wildman–Crippen MR) is 62.9 cm³/mol. The molecule has 0 saturated carbocycles. The van der Waals surface area contributed by atoms with Gasteiger partial charge in [0.05, 0.1) is 0 Å². The van der Waals surface area contributed by atoms with Crippen LogP contribution >= 0.6 is 0 Å². The molecule has 2 bridgehead atoms. The van der Waals surface area contributed by atoms with Gasteiger partial charge in [0, 0.05) is 12.1 Å². The number of halogens is 1. The molecule has 2 unspecified atom stereocenters. The van der Waals surface area contributed by atoms with E-state index in [9.17, 15) is 4.39 Å². The molecule has 0 aliphatic carbocycles. The molecule has 2 aliphatic heterocycles. The molecule has 0 N–H and O–H groups in total. The highest BCUT2D eigenvalue weighted by Crippen LogP contribution is 2.41. The predicted octanol–water partition coefficient (Wildman–Crippen LogP) is 3.17. The van der Waals surface area contributed by atoms with E-state index in [-0.39, 0.29) is 5.82 Å². The number of piperidine rings is 1. The zero-order valence-electron chi connectivity index (χ0n) is 9.70. The standard InChI is InChI=1S/C14H18FN/c1-16-13-6-7-14(16)9-11(8-13)10-2-4-12(15)5-3-10/h2-5,11,13-14H,6-9H2,1H3/t11?,13-,14?/m1/s1. The number of benzene rings is 1. The highest BCUT2D eigenvalue weighted by molar-refractivity contribution is 5.22. The van der Waals surface area contributed by atoms with E-state index in [1.807, 2.05) is 12.1 Å². The molecule has 2 saturated heterocycles. The van der Waals surface area contributed by atoms with Crippen LogP contribution in [0.4, 0.5) is 4.39 Å². The van der Waals surface area contributed by atoms with Gasteiger partial charge < -0.3 is 4.90 Å². The van der Waals surface area contributed by atoms with Crippen LogP contribution in [-0.2, 0) is 0 Å². The fourth-order valence-corrected chi connectivity index (χ4v) is 3.42. The minimum absolute atomic E-state index is 0.125. The average Bonchev–Trinajstić information content (AvgIpc) is 2.54. The van der Waals surface area contributed by atoms with Gasteiger partial charge in [-0.1, -0.05) is 12.1 Å². The highest BCUT2D eigenvalue weighted by Gasteiger charge is 2.38. The number of hydrogen-bond acceptors (Lipinski definition) is 1. The minimum Gasteiger partial charge on any atom is -0.300 e. The van der Waals surface area contributed by atoms with Crippen LogP contribution in [0.15, 0.2) is 24.3 Å². The first kappa shape index (κ1) is 10.3. The molecule has 2 aliphatic rings. The minimum atomic E-state index is -0.125. The van der Waals surface area contributed by atoms with Crippen molar-refractivity contribution in [2.24, 2.45) is 0 Å². The van der Waals surface area contributed by atoms with Crippen molar-refractivity contribution in [2.45, 2.75) is 43.7 Å². The average molecular weight is 219 g/mol. The van der Waals surface area contributed by atoms with Gasteiger partial charge in [0.2, 0.25) is 0 Å². The Morgan fingerprint density at radius 2 is 1.62 bits per heavy atom. The van der Waals surface area contributed by atoms with Gasteiger partial charge in [0.25, 0.3) is 0 Å². The van der Waals surface area contributed by atoms with E-state index in [0.29, 0.717) is 5.92 Å². The van der Waals surface area contributed by atoms with Crippen molar-refractivity contribution in [1.82, 2.24) is 4.90 Å². The van der Waals surface area contributed by atoms with Crippen LogP contribution in [0.25, 0.3) is 0 Å². The molecular weight excluding hydrogens is 201 g/mol. The second-order valence-corrected chi connectivity index (χ2v) is 5.27. The number of nitrogens with zero attached hydrogens (tertiary/aromatic N) is 1. The largest absolute Gasteiger partial charge is 0.300 e. The molecule has 16 heavy (non-hydrogen) atoms. The van der Waals surface area contributed by atoms with Crippen molar-refractivity contribution in [1.29, 1.82) is 0 Å². The van der Waals surface area contributed by atoms with Gasteiger partial charge in [-0.05, 0) is 56.3 Å². The third kappa shape index (κ3) is 1.65. The Labute approximate surface area is 96.3 Å². The lowest BCUT2D eigenvalue weighted by Crippen LogP contribution is -2.39. The molecule has 86 valence electrons. The first-order chi connectivity index (χ1) is 7.74. The van der Waals surface area contributed by atoms with Crippen LogP contribution in [0, 0.1) is 5.82 Å². The van der Waals surface area contributed by atoms with E-state index >= 15 is 0 Å². The quantitative estimate of drug-likeness (QED) is 0.701. The van der Waals surface area contributed by atoms with Gasteiger partial charge in [-0.15, -0.1) is 0 Å². The maximum Gasteiger partial charge on any atom is 0.123 e. The third-order valence-corrected chi connectivity index (χ3v) is 4.44. The molecule has 1 nitrogen and oxygen atoms in total. The van der Waals surface area contributed by atoms with Gasteiger partial charge in [-0.3, -0.25) is 0 Å². The van der Waals surface area contributed by atoms with Gasteiger partial charge >= 0.3 is 0 Å². The van der Waals surface area contributed by atoms with E-state index in [4.69, 9.17) is 0 Å². The Morgan fingerprint density at radius 1 is 1.06 bits per heavy atom. The molecule has 3 atom stereocenters. The molecular formula is C14H18FN. The Hall–Kier alpha value is -0.890. The van der Waals surface area contributed by atoms with Crippen LogP contribution in [0.1, 0.15) is 37.2 Å². The van der Waals surface area contributed by atoms with Crippen LogP contribution in [-0.4, -0.2) is 24.0 Å². The molecule has 2 heteroatoms. The summed E-state index contributed by atoms with van der Waals surface area (Å²) in [6, 6.07) is 8.63. The summed E-state index contributed by atoms with van der Waals surface area (Å²) in [4.78, 5) is 2.54. The lowest BCUT2D eigenvalue weighted by molar-refractivity contribution is 0.161. The SMILES string of the molecule is CN1C2CC[C@@H]1CC(c1ccc(F)cc1)C2. The van der Waals surface area contributed by atoms with Gasteiger partial charge in [-0.2, -0.15) is 0 Å². The molecule has 0 radical (unpaired) electrons.